The van der Waals surface area contributed by atoms with Crippen molar-refractivity contribution in [2.75, 3.05) is 0 Å². The lowest BCUT2D eigenvalue weighted by molar-refractivity contribution is -0.130. The maximum atomic E-state index is 11.0. The van der Waals surface area contributed by atoms with Crippen molar-refractivity contribution < 1.29 is 9.90 Å². The first-order valence-electron chi connectivity index (χ1n) is 3.74. The van der Waals surface area contributed by atoms with E-state index in [2.05, 4.69) is 5.32 Å². The topological polar surface area (TPSA) is 49.3 Å². The second-order valence-electron chi connectivity index (χ2n) is 3.16. The summed E-state index contributed by atoms with van der Waals surface area (Å²) in [6, 6.07) is 0.423. The van der Waals surface area contributed by atoms with Gasteiger partial charge in [-0.2, -0.15) is 0 Å². The maximum absolute atomic E-state index is 11.0. The standard InChI is InChI=1S/C7H11NO2/c9-6-3-4-1-2-5(8-4)7(6)10/h4-5,7-8,10H,1-3H2. The van der Waals surface area contributed by atoms with E-state index in [0.29, 0.717) is 12.5 Å². The van der Waals surface area contributed by atoms with Crippen LogP contribution in [-0.2, 0) is 4.79 Å². The first kappa shape index (κ1) is 6.31. The van der Waals surface area contributed by atoms with E-state index in [9.17, 15) is 9.90 Å². The Labute approximate surface area is 59.4 Å². The Bertz CT molecular complexity index is 169. The van der Waals surface area contributed by atoms with Crippen molar-refractivity contribution in [3.05, 3.63) is 0 Å². The number of aliphatic hydroxyl groups excluding tert-OH is 1. The highest BCUT2D eigenvalue weighted by Crippen LogP contribution is 2.24. The molecule has 0 aliphatic carbocycles. The third-order valence-corrected chi connectivity index (χ3v) is 2.43. The quantitative estimate of drug-likeness (QED) is 0.475. The maximum Gasteiger partial charge on any atom is 0.164 e. The van der Waals surface area contributed by atoms with E-state index in [1.807, 2.05) is 0 Å². The second-order valence-corrected chi connectivity index (χ2v) is 3.16. The lowest BCUT2D eigenvalue weighted by Gasteiger charge is -2.24. The van der Waals surface area contributed by atoms with Gasteiger partial charge in [0, 0.05) is 18.5 Å². The van der Waals surface area contributed by atoms with E-state index in [4.69, 9.17) is 0 Å². The molecule has 0 aromatic rings. The zero-order valence-corrected chi connectivity index (χ0v) is 5.71. The van der Waals surface area contributed by atoms with Crippen LogP contribution < -0.4 is 5.32 Å². The predicted molar refractivity (Wildman–Crippen MR) is 35.6 cm³/mol. The molecule has 0 saturated carbocycles. The summed E-state index contributed by atoms with van der Waals surface area (Å²) in [5, 5.41) is 12.5. The molecule has 56 valence electrons. The summed E-state index contributed by atoms with van der Waals surface area (Å²) >= 11 is 0. The predicted octanol–water partition coefficient (Wildman–Crippen LogP) is -0.559. The Morgan fingerprint density at radius 2 is 2.30 bits per heavy atom. The largest absolute Gasteiger partial charge is 0.384 e. The van der Waals surface area contributed by atoms with E-state index < -0.39 is 6.10 Å². The molecule has 0 aromatic carbocycles. The van der Waals surface area contributed by atoms with Gasteiger partial charge in [-0.1, -0.05) is 0 Å². The highest BCUT2D eigenvalue weighted by atomic mass is 16.3. The normalized spacial score (nSPS) is 46.1. The van der Waals surface area contributed by atoms with Gasteiger partial charge in [0.2, 0.25) is 0 Å². The number of aliphatic hydroxyl groups is 1. The van der Waals surface area contributed by atoms with Gasteiger partial charge in [0.15, 0.2) is 5.78 Å². The third-order valence-electron chi connectivity index (χ3n) is 2.43. The van der Waals surface area contributed by atoms with E-state index in [1.54, 1.807) is 0 Å². The average Bonchev–Trinajstić information content (AvgIpc) is 2.29. The number of carbonyl (C=O) groups is 1. The SMILES string of the molecule is O=C1CC2CCC(N2)C1O. The van der Waals surface area contributed by atoms with Crippen LogP contribution in [-0.4, -0.2) is 29.1 Å². The summed E-state index contributed by atoms with van der Waals surface area (Å²) < 4.78 is 0. The minimum absolute atomic E-state index is 0.0197. The number of hydrogen-bond donors (Lipinski definition) is 2. The smallest absolute Gasteiger partial charge is 0.164 e. The monoisotopic (exact) mass is 141 g/mol. The van der Waals surface area contributed by atoms with Gasteiger partial charge < -0.3 is 10.4 Å². The van der Waals surface area contributed by atoms with Crippen LogP contribution in [0, 0.1) is 0 Å². The van der Waals surface area contributed by atoms with Crippen LogP contribution >= 0.6 is 0 Å². The van der Waals surface area contributed by atoms with E-state index in [-0.39, 0.29) is 11.8 Å². The van der Waals surface area contributed by atoms with Crippen LogP contribution in [0.2, 0.25) is 0 Å². The van der Waals surface area contributed by atoms with Crippen molar-refractivity contribution in [3.63, 3.8) is 0 Å². The molecule has 3 atom stereocenters. The number of ketones is 1. The molecule has 3 unspecified atom stereocenters. The number of fused-ring (bicyclic) bond motifs is 2. The van der Waals surface area contributed by atoms with Gasteiger partial charge in [0.25, 0.3) is 0 Å². The van der Waals surface area contributed by atoms with E-state index in [0.717, 1.165) is 12.8 Å². The summed E-state index contributed by atoms with van der Waals surface area (Å²) in [5.74, 6) is 0.0197. The van der Waals surface area contributed by atoms with Crippen LogP contribution in [0.1, 0.15) is 19.3 Å². The summed E-state index contributed by atoms with van der Waals surface area (Å²) in [4.78, 5) is 11.0. The van der Waals surface area contributed by atoms with Gasteiger partial charge in [-0.05, 0) is 12.8 Å². The minimum Gasteiger partial charge on any atom is -0.384 e. The molecular weight excluding hydrogens is 130 g/mol. The van der Waals surface area contributed by atoms with Crippen molar-refractivity contribution in [1.82, 2.24) is 5.32 Å². The number of Topliss-reactive ketones (excluding diaryl/α,β-unsaturated/α-hetero) is 1. The highest BCUT2D eigenvalue weighted by Gasteiger charge is 2.39. The number of hydrogen-bond acceptors (Lipinski definition) is 3. The van der Waals surface area contributed by atoms with Crippen molar-refractivity contribution in [1.29, 1.82) is 0 Å². The molecule has 2 fully saturated rings. The molecule has 2 bridgehead atoms. The molecule has 3 heteroatoms. The minimum atomic E-state index is -0.723. The van der Waals surface area contributed by atoms with Crippen molar-refractivity contribution in [2.45, 2.75) is 37.5 Å². The highest BCUT2D eigenvalue weighted by molar-refractivity contribution is 5.85. The van der Waals surface area contributed by atoms with Gasteiger partial charge in [0.05, 0.1) is 0 Å². The molecule has 0 radical (unpaired) electrons. The Morgan fingerprint density at radius 1 is 1.50 bits per heavy atom. The number of carbonyl (C=O) groups excluding carboxylic acids is 1. The molecule has 2 saturated heterocycles. The van der Waals surface area contributed by atoms with Crippen molar-refractivity contribution in [2.24, 2.45) is 0 Å². The molecule has 10 heavy (non-hydrogen) atoms. The molecule has 2 rings (SSSR count). The zero-order valence-electron chi connectivity index (χ0n) is 5.71. The third kappa shape index (κ3) is 0.777. The molecule has 3 nitrogen and oxygen atoms in total. The molecule has 2 aliphatic heterocycles. The Kier molecular flexibility index (Phi) is 1.28. The molecule has 0 spiro atoms. The van der Waals surface area contributed by atoms with Gasteiger partial charge in [-0.15, -0.1) is 0 Å². The summed E-state index contributed by atoms with van der Waals surface area (Å²) in [5.41, 5.74) is 0. The molecular formula is C7H11NO2. The number of nitrogens with one attached hydrogen (secondary N) is 1. The number of rotatable bonds is 0. The Balaban J connectivity index is 2.17. The molecule has 2 heterocycles. The molecule has 0 aromatic heterocycles. The molecule has 2 N–H and O–H groups in total. The molecule has 2 aliphatic rings. The summed E-state index contributed by atoms with van der Waals surface area (Å²) in [7, 11) is 0. The Morgan fingerprint density at radius 3 is 3.10 bits per heavy atom. The zero-order chi connectivity index (χ0) is 7.14. The second kappa shape index (κ2) is 2.04. The fourth-order valence-corrected chi connectivity index (χ4v) is 1.85. The van der Waals surface area contributed by atoms with E-state index >= 15 is 0 Å². The van der Waals surface area contributed by atoms with Gasteiger partial charge in [-0.3, -0.25) is 4.79 Å². The lowest BCUT2D eigenvalue weighted by atomic mass is 10.0. The molecule has 0 amide bonds. The lowest BCUT2D eigenvalue weighted by Crippen LogP contribution is -2.49. The van der Waals surface area contributed by atoms with Gasteiger partial charge in [0.1, 0.15) is 6.10 Å². The fourth-order valence-electron chi connectivity index (χ4n) is 1.85. The van der Waals surface area contributed by atoms with Crippen LogP contribution in [0.25, 0.3) is 0 Å². The van der Waals surface area contributed by atoms with E-state index in [1.165, 1.54) is 0 Å². The van der Waals surface area contributed by atoms with Crippen molar-refractivity contribution >= 4 is 5.78 Å². The summed E-state index contributed by atoms with van der Waals surface area (Å²) in [6.07, 6.45) is 1.81. The summed E-state index contributed by atoms with van der Waals surface area (Å²) in [6.45, 7) is 0. The van der Waals surface area contributed by atoms with Crippen molar-refractivity contribution in [3.8, 4) is 0 Å². The Hall–Kier alpha value is -0.410. The van der Waals surface area contributed by atoms with Gasteiger partial charge >= 0.3 is 0 Å². The fraction of sp³-hybridized carbons (Fsp3) is 0.857. The van der Waals surface area contributed by atoms with Crippen LogP contribution in [0.15, 0.2) is 0 Å². The average molecular weight is 141 g/mol. The van der Waals surface area contributed by atoms with Crippen LogP contribution in [0.4, 0.5) is 0 Å². The first-order valence-corrected chi connectivity index (χ1v) is 3.74. The number of piperidine rings is 1. The van der Waals surface area contributed by atoms with Gasteiger partial charge in [-0.25, -0.2) is 0 Å². The first-order chi connectivity index (χ1) is 4.77. The van der Waals surface area contributed by atoms with Crippen LogP contribution in [0.5, 0.6) is 0 Å². The van der Waals surface area contributed by atoms with Crippen LogP contribution in [0.3, 0.4) is 0 Å².